The fourth-order valence-corrected chi connectivity index (χ4v) is 3.66. The molecule has 0 radical (unpaired) electrons. The minimum absolute atomic E-state index is 0.135. The number of hydrogen-bond acceptors (Lipinski definition) is 2. The van der Waals surface area contributed by atoms with Crippen LogP contribution in [0.5, 0.6) is 0 Å². The summed E-state index contributed by atoms with van der Waals surface area (Å²) in [6.45, 7) is 4.90. The molecule has 2 fully saturated rings. The van der Waals surface area contributed by atoms with Gasteiger partial charge in [0, 0.05) is 6.04 Å². The third-order valence-electron chi connectivity index (χ3n) is 5.14. The third kappa shape index (κ3) is 2.82. The van der Waals surface area contributed by atoms with E-state index in [4.69, 9.17) is 0 Å². The average Bonchev–Trinajstić information content (AvgIpc) is 2.84. The highest BCUT2D eigenvalue weighted by Crippen LogP contribution is 2.36. The second-order valence-corrected chi connectivity index (χ2v) is 6.56. The van der Waals surface area contributed by atoms with Crippen LogP contribution < -0.4 is 5.32 Å². The van der Waals surface area contributed by atoms with Crippen LogP contribution in [0, 0.1) is 17.7 Å². The van der Waals surface area contributed by atoms with E-state index < -0.39 is 0 Å². The maximum atomic E-state index is 13.5. The van der Waals surface area contributed by atoms with Crippen molar-refractivity contribution < 1.29 is 9.18 Å². The number of amides is 1. The average molecular weight is 290 g/mol. The van der Waals surface area contributed by atoms with Crippen LogP contribution in [0.2, 0.25) is 0 Å². The Bertz CT molecular complexity index is 533. The van der Waals surface area contributed by atoms with Gasteiger partial charge in [0.15, 0.2) is 0 Å². The first kappa shape index (κ1) is 14.5. The highest BCUT2D eigenvalue weighted by molar-refractivity contribution is 5.81. The van der Waals surface area contributed by atoms with Crippen LogP contribution in [0.15, 0.2) is 24.3 Å². The van der Waals surface area contributed by atoms with Crippen molar-refractivity contribution in [2.75, 3.05) is 6.54 Å². The molecule has 114 valence electrons. The Morgan fingerprint density at radius 1 is 1.24 bits per heavy atom. The minimum Gasteiger partial charge on any atom is -0.319 e. The van der Waals surface area contributed by atoms with Gasteiger partial charge in [0.2, 0.25) is 5.91 Å². The molecule has 1 saturated heterocycles. The van der Waals surface area contributed by atoms with Crippen LogP contribution in [-0.2, 0) is 4.79 Å². The molecule has 4 atom stereocenters. The van der Waals surface area contributed by atoms with Crippen LogP contribution in [-0.4, -0.2) is 23.4 Å². The van der Waals surface area contributed by atoms with Gasteiger partial charge >= 0.3 is 0 Å². The fourth-order valence-electron chi connectivity index (χ4n) is 3.66. The number of benzene rings is 1. The second kappa shape index (κ2) is 5.76. The lowest BCUT2D eigenvalue weighted by Gasteiger charge is -2.40. The third-order valence-corrected chi connectivity index (χ3v) is 5.14. The molecular weight excluding hydrogens is 267 g/mol. The van der Waals surface area contributed by atoms with Crippen molar-refractivity contribution in [2.24, 2.45) is 11.8 Å². The molecule has 0 aromatic heterocycles. The van der Waals surface area contributed by atoms with Gasteiger partial charge in [-0.05, 0) is 48.8 Å². The SMILES string of the molecule is CC1CCC(N2C(=O)CNC2c2cccc(F)c2)CC1C. The summed E-state index contributed by atoms with van der Waals surface area (Å²) in [6.07, 6.45) is 3.06. The van der Waals surface area contributed by atoms with Crippen LogP contribution in [0.1, 0.15) is 44.8 Å². The largest absolute Gasteiger partial charge is 0.319 e. The summed E-state index contributed by atoms with van der Waals surface area (Å²) in [6, 6.07) is 6.83. The van der Waals surface area contributed by atoms with E-state index in [2.05, 4.69) is 19.2 Å². The van der Waals surface area contributed by atoms with Crippen molar-refractivity contribution in [1.29, 1.82) is 0 Å². The number of carbonyl (C=O) groups is 1. The molecule has 1 amide bonds. The molecule has 1 heterocycles. The lowest BCUT2D eigenvalue weighted by atomic mass is 9.78. The zero-order chi connectivity index (χ0) is 15.0. The number of nitrogens with zero attached hydrogens (tertiary/aromatic N) is 1. The molecule has 0 spiro atoms. The van der Waals surface area contributed by atoms with E-state index >= 15 is 0 Å². The van der Waals surface area contributed by atoms with E-state index in [0.29, 0.717) is 12.5 Å². The lowest BCUT2D eigenvalue weighted by molar-refractivity contribution is -0.131. The first-order valence-electron chi connectivity index (χ1n) is 7.86. The molecule has 4 heteroatoms. The standard InChI is InChI=1S/C17H23FN2O/c1-11-6-7-15(8-12(11)2)20-16(21)10-19-17(20)13-4-3-5-14(18)9-13/h3-5,9,11-12,15,17,19H,6-8,10H2,1-2H3. The van der Waals surface area contributed by atoms with Gasteiger partial charge in [-0.2, -0.15) is 0 Å². The predicted molar refractivity (Wildman–Crippen MR) is 80.0 cm³/mol. The maximum absolute atomic E-state index is 13.5. The molecule has 0 bridgehead atoms. The zero-order valence-corrected chi connectivity index (χ0v) is 12.7. The van der Waals surface area contributed by atoms with Crippen LogP contribution >= 0.6 is 0 Å². The van der Waals surface area contributed by atoms with Gasteiger partial charge in [0.25, 0.3) is 0 Å². The molecule has 1 aromatic carbocycles. The Morgan fingerprint density at radius 2 is 2.05 bits per heavy atom. The minimum atomic E-state index is -0.251. The smallest absolute Gasteiger partial charge is 0.238 e. The fraction of sp³-hybridized carbons (Fsp3) is 0.588. The Hall–Kier alpha value is -1.42. The van der Waals surface area contributed by atoms with Gasteiger partial charge in [-0.25, -0.2) is 4.39 Å². The maximum Gasteiger partial charge on any atom is 0.238 e. The van der Waals surface area contributed by atoms with E-state index in [-0.39, 0.29) is 23.9 Å². The Balaban J connectivity index is 1.83. The number of nitrogens with one attached hydrogen (secondary N) is 1. The van der Waals surface area contributed by atoms with Crippen molar-refractivity contribution in [3.05, 3.63) is 35.6 Å². The summed E-state index contributed by atoms with van der Waals surface area (Å²) < 4.78 is 13.5. The number of rotatable bonds is 2. The predicted octanol–water partition coefficient (Wildman–Crippen LogP) is 3.08. The first-order chi connectivity index (χ1) is 10.1. The highest BCUT2D eigenvalue weighted by Gasteiger charge is 2.39. The Labute approximate surface area is 125 Å². The Kier molecular flexibility index (Phi) is 3.98. The number of hydrogen-bond donors (Lipinski definition) is 1. The van der Waals surface area contributed by atoms with Crippen molar-refractivity contribution in [2.45, 2.75) is 45.3 Å². The van der Waals surface area contributed by atoms with Gasteiger partial charge in [-0.15, -0.1) is 0 Å². The molecule has 1 saturated carbocycles. The lowest BCUT2D eigenvalue weighted by Crippen LogP contribution is -2.43. The molecule has 3 rings (SSSR count). The van der Waals surface area contributed by atoms with E-state index in [1.54, 1.807) is 6.07 Å². The molecule has 1 aromatic rings. The molecule has 1 N–H and O–H groups in total. The van der Waals surface area contributed by atoms with Gasteiger partial charge < -0.3 is 4.90 Å². The summed E-state index contributed by atoms with van der Waals surface area (Å²) in [7, 11) is 0. The Morgan fingerprint density at radius 3 is 2.76 bits per heavy atom. The molecule has 21 heavy (non-hydrogen) atoms. The normalized spacial score (nSPS) is 33.5. The van der Waals surface area contributed by atoms with E-state index in [1.807, 2.05) is 11.0 Å². The van der Waals surface area contributed by atoms with Gasteiger partial charge in [0.1, 0.15) is 12.0 Å². The van der Waals surface area contributed by atoms with E-state index in [9.17, 15) is 9.18 Å². The molecule has 1 aliphatic heterocycles. The van der Waals surface area contributed by atoms with Crippen LogP contribution in [0.25, 0.3) is 0 Å². The van der Waals surface area contributed by atoms with Gasteiger partial charge in [0.05, 0.1) is 6.54 Å². The topological polar surface area (TPSA) is 32.3 Å². The number of carbonyl (C=O) groups excluding carboxylic acids is 1. The molecular formula is C17H23FN2O. The van der Waals surface area contributed by atoms with Crippen LogP contribution in [0.4, 0.5) is 4.39 Å². The molecule has 4 unspecified atom stereocenters. The summed E-state index contributed by atoms with van der Waals surface area (Å²) in [5, 5.41) is 3.23. The monoisotopic (exact) mass is 290 g/mol. The zero-order valence-electron chi connectivity index (χ0n) is 12.7. The van der Waals surface area contributed by atoms with Gasteiger partial charge in [-0.3, -0.25) is 10.1 Å². The van der Waals surface area contributed by atoms with Crippen molar-refractivity contribution in [1.82, 2.24) is 10.2 Å². The molecule has 1 aliphatic carbocycles. The summed E-state index contributed by atoms with van der Waals surface area (Å²) in [4.78, 5) is 14.3. The van der Waals surface area contributed by atoms with Crippen molar-refractivity contribution >= 4 is 5.91 Å². The molecule has 3 nitrogen and oxygen atoms in total. The summed E-state index contributed by atoms with van der Waals surface area (Å²) in [5.41, 5.74) is 0.840. The highest BCUT2D eigenvalue weighted by atomic mass is 19.1. The quantitative estimate of drug-likeness (QED) is 0.908. The first-order valence-corrected chi connectivity index (χ1v) is 7.86. The van der Waals surface area contributed by atoms with Gasteiger partial charge in [-0.1, -0.05) is 26.0 Å². The number of halogens is 1. The van der Waals surface area contributed by atoms with E-state index in [0.717, 1.165) is 30.7 Å². The summed E-state index contributed by atoms with van der Waals surface area (Å²) in [5.74, 6) is 1.24. The van der Waals surface area contributed by atoms with Crippen molar-refractivity contribution in [3.8, 4) is 0 Å². The van der Waals surface area contributed by atoms with Crippen molar-refractivity contribution in [3.63, 3.8) is 0 Å². The summed E-state index contributed by atoms with van der Waals surface area (Å²) >= 11 is 0. The van der Waals surface area contributed by atoms with Crippen LogP contribution in [0.3, 0.4) is 0 Å². The second-order valence-electron chi connectivity index (χ2n) is 6.56. The molecule has 2 aliphatic rings. The van der Waals surface area contributed by atoms with E-state index in [1.165, 1.54) is 12.1 Å².